The second-order valence-corrected chi connectivity index (χ2v) is 4.85. The Kier molecular flexibility index (Phi) is 1.32. The van der Waals surface area contributed by atoms with Crippen molar-refractivity contribution >= 4 is 19.2 Å². The summed E-state index contributed by atoms with van der Waals surface area (Å²) in [6.07, 6.45) is 4.34. The molecule has 0 saturated heterocycles. The number of rotatable bonds is 0. The molecule has 1 heterocycles. The highest BCUT2D eigenvalue weighted by molar-refractivity contribution is 7.07. The fourth-order valence-electron chi connectivity index (χ4n) is 0.506. The number of halogens is 1. The quantitative estimate of drug-likeness (QED) is 0.258. The van der Waals surface area contributed by atoms with Gasteiger partial charge in [0.2, 0.25) is 0 Å². The largest absolute Gasteiger partial charge is 0.173 e. The molecule has 1 rings (SSSR count). The smallest absolute Gasteiger partial charge is 0.168 e. The van der Waals surface area contributed by atoms with Gasteiger partial charge in [0.15, 0.2) is 8.11 Å². The zero-order valence-electron chi connectivity index (χ0n) is 3.45. The maximum atomic E-state index is 5.75. The van der Waals surface area contributed by atoms with Gasteiger partial charge in [-0.05, 0) is 12.1 Å². The maximum Gasteiger partial charge on any atom is 0.173 e. The fourth-order valence-corrected chi connectivity index (χ4v) is 2.05. The lowest BCUT2D eigenvalue weighted by atomic mass is 10.6. The van der Waals surface area contributed by atoms with Crippen molar-refractivity contribution in [3.8, 4) is 0 Å². The molecular weight excluding hydrogens is 112 g/mol. The molecule has 6 heavy (non-hydrogen) atoms. The molecule has 1 aliphatic rings. The van der Waals surface area contributed by atoms with E-state index >= 15 is 0 Å². The van der Waals surface area contributed by atoms with Crippen molar-refractivity contribution < 1.29 is 0 Å². The summed E-state index contributed by atoms with van der Waals surface area (Å²) in [7, 11) is -0.396. The number of allylic oxidation sites excluding steroid dienone is 2. The Labute approximate surface area is 44.1 Å². The first kappa shape index (κ1) is 4.41. The third-order valence-electron chi connectivity index (χ3n) is 0.845. The van der Waals surface area contributed by atoms with Crippen LogP contribution in [-0.4, -0.2) is 8.11 Å². The summed E-state index contributed by atoms with van der Waals surface area (Å²) in [5.74, 6) is 0. The minimum absolute atomic E-state index is 0.396. The molecule has 2 heteroatoms. The van der Waals surface area contributed by atoms with Crippen molar-refractivity contribution in [3.05, 3.63) is 12.2 Å². The summed E-state index contributed by atoms with van der Waals surface area (Å²) in [4.78, 5) is 0. The second kappa shape index (κ2) is 1.80. The van der Waals surface area contributed by atoms with Crippen LogP contribution < -0.4 is 0 Å². The van der Waals surface area contributed by atoms with Crippen LogP contribution in [0.3, 0.4) is 0 Å². The molecule has 0 saturated carbocycles. The lowest BCUT2D eigenvalue weighted by Gasteiger charge is -1.84. The van der Waals surface area contributed by atoms with Crippen LogP contribution in [0.1, 0.15) is 0 Å². The van der Waals surface area contributed by atoms with Crippen molar-refractivity contribution in [2.24, 2.45) is 0 Å². The van der Waals surface area contributed by atoms with Crippen LogP contribution in [0.15, 0.2) is 12.2 Å². The molecule has 0 aromatic carbocycles. The summed E-state index contributed by atoms with van der Waals surface area (Å²) in [6, 6.07) is 2.35. The molecule has 0 nitrogen and oxygen atoms in total. The molecular formula is C4H6ClSi. The Morgan fingerprint density at radius 1 is 1.33 bits per heavy atom. The van der Waals surface area contributed by atoms with Crippen LogP contribution in [0.25, 0.3) is 0 Å². The molecule has 1 aliphatic heterocycles. The van der Waals surface area contributed by atoms with Crippen molar-refractivity contribution in [2.75, 3.05) is 0 Å². The van der Waals surface area contributed by atoms with Crippen molar-refractivity contribution in [2.45, 2.75) is 12.1 Å². The first-order valence-electron chi connectivity index (χ1n) is 2.05. The maximum absolute atomic E-state index is 5.75. The Morgan fingerprint density at radius 3 is 2.00 bits per heavy atom. The van der Waals surface area contributed by atoms with E-state index in [4.69, 9.17) is 11.1 Å². The SMILES string of the molecule is Cl[Si]1CC=CC1. The standard InChI is InChI=1S/C4H6ClSi/c5-6-3-1-2-4-6/h1-2H,3-4H2. The van der Waals surface area contributed by atoms with Crippen molar-refractivity contribution in [3.63, 3.8) is 0 Å². The molecule has 0 bridgehead atoms. The van der Waals surface area contributed by atoms with Crippen LogP contribution in [0.5, 0.6) is 0 Å². The number of hydrogen-bond acceptors (Lipinski definition) is 0. The molecule has 0 fully saturated rings. The lowest BCUT2D eigenvalue weighted by molar-refractivity contribution is 1.75. The highest BCUT2D eigenvalue weighted by Gasteiger charge is 2.06. The van der Waals surface area contributed by atoms with Crippen LogP contribution >= 0.6 is 11.1 Å². The molecule has 0 amide bonds. The third-order valence-corrected chi connectivity index (χ3v) is 3.13. The third kappa shape index (κ3) is 0.853. The van der Waals surface area contributed by atoms with E-state index in [-0.39, 0.29) is 0 Å². The zero-order chi connectivity index (χ0) is 4.41. The van der Waals surface area contributed by atoms with E-state index in [9.17, 15) is 0 Å². The fraction of sp³-hybridized carbons (Fsp3) is 0.500. The van der Waals surface area contributed by atoms with Gasteiger partial charge in [-0.25, -0.2) is 0 Å². The van der Waals surface area contributed by atoms with Gasteiger partial charge in [0.1, 0.15) is 0 Å². The predicted molar refractivity (Wildman–Crippen MR) is 30.4 cm³/mol. The first-order chi connectivity index (χ1) is 2.89. The van der Waals surface area contributed by atoms with E-state index < -0.39 is 8.11 Å². The lowest BCUT2D eigenvalue weighted by Crippen LogP contribution is -1.90. The van der Waals surface area contributed by atoms with Gasteiger partial charge in [-0.1, -0.05) is 12.2 Å². The summed E-state index contributed by atoms with van der Waals surface area (Å²) < 4.78 is 0. The van der Waals surface area contributed by atoms with E-state index in [1.54, 1.807) is 0 Å². The Morgan fingerprint density at radius 2 is 1.83 bits per heavy atom. The molecule has 33 valence electrons. The molecule has 0 aromatic rings. The van der Waals surface area contributed by atoms with Gasteiger partial charge in [-0.15, -0.1) is 0 Å². The monoisotopic (exact) mass is 117 g/mol. The Bertz CT molecular complexity index is 61.9. The molecule has 0 aliphatic carbocycles. The Balaban J connectivity index is 2.32. The molecule has 0 spiro atoms. The predicted octanol–water partition coefficient (Wildman–Crippen LogP) is 1.79. The van der Waals surface area contributed by atoms with E-state index in [1.807, 2.05) is 0 Å². The first-order valence-corrected chi connectivity index (χ1v) is 4.97. The van der Waals surface area contributed by atoms with Gasteiger partial charge in [0.05, 0.1) is 0 Å². The van der Waals surface area contributed by atoms with Crippen LogP contribution in [0.2, 0.25) is 12.1 Å². The van der Waals surface area contributed by atoms with Gasteiger partial charge in [-0.2, -0.15) is 11.1 Å². The van der Waals surface area contributed by atoms with E-state index in [0.29, 0.717) is 0 Å². The topological polar surface area (TPSA) is 0 Å². The molecule has 0 N–H and O–H groups in total. The summed E-state index contributed by atoms with van der Waals surface area (Å²) in [6.45, 7) is 0. The van der Waals surface area contributed by atoms with Gasteiger partial charge in [0.25, 0.3) is 0 Å². The van der Waals surface area contributed by atoms with Crippen LogP contribution in [-0.2, 0) is 0 Å². The van der Waals surface area contributed by atoms with Gasteiger partial charge in [0, 0.05) is 0 Å². The Hall–Kier alpha value is 0.247. The molecule has 0 aromatic heterocycles. The minimum atomic E-state index is -0.396. The zero-order valence-corrected chi connectivity index (χ0v) is 5.20. The van der Waals surface area contributed by atoms with Gasteiger partial charge in [-0.3, -0.25) is 0 Å². The second-order valence-electron chi connectivity index (χ2n) is 1.40. The highest BCUT2D eigenvalue weighted by atomic mass is 35.6. The summed E-state index contributed by atoms with van der Waals surface area (Å²) in [5.41, 5.74) is 0. The van der Waals surface area contributed by atoms with Gasteiger partial charge >= 0.3 is 0 Å². The van der Waals surface area contributed by atoms with Crippen molar-refractivity contribution in [1.82, 2.24) is 0 Å². The van der Waals surface area contributed by atoms with Crippen LogP contribution in [0, 0.1) is 0 Å². The van der Waals surface area contributed by atoms with Gasteiger partial charge < -0.3 is 0 Å². The van der Waals surface area contributed by atoms with Crippen molar-refractivity contribution in [1.29, 1.82) is 0 Å². The average Bonchev–Trinajstić information content (AvgIpc) is 1.86. The number of hydrogen-bond donors (Lipinski definition) is 0. The summed E-state index contributed by atoms with van der Waals surface area (Å²) >= 11 is 5.75. The normalized spacial score (nSPS) is 22.8. The molecule has 0 atom stereocenters. The molecule has 0 unspecified atom stereocenters. The van der Waals surface area contributed by atoms with E-state index in [1.165, 1.54) is 12.1 Å². The minimum Gasteiger partial charge on any atom is -0.168 e. The summed E-state index contributed by atoms with van der Waals surface area (Å²) in [5, 5.41) is 0. The highest BCUT2D eigenvalue weighted by Crippen LogP contribution is 2.12. The van der Waals surface area contributed by atoms with Crippen LogP contribution in [0.4, 0.5) is 0 Å². The van der Waals surface area contributed by atoms with E-state index in [0.717, 1.165) is 0 Å². The average molecular weight is 118 g/mol. The molecule has 1 radical (unpaired) electrons. The van der Waals surface area contributed by atoms with E-state index in [2.05, 4.69) is 12.2 Å².